The maximum atomic E-state index is 13.5. The molecule has 0 aliphatic heterocycles. The molecule has 0 atom stereocenters. The zero-order chi connectivity index (χ0) is 12.0. The number of carbonyl (C=O) groups is 1. The molecule has 0 N–H and O–H groups in total. The Morgan fingerprint density at radius 1 is 1.62 bits per heavy atom. The first-order valence-electron chi connectivity index (χ1n) is 4.72. The lowest BCUT2D eigenvalue weighted by molar-refractivity contribution is -0.137. The van der Waals surface area contributed by atoms with E-state index in [4.69, 9.17) is 5.26 Å². The van der Waals surface area contributed by atoms with E-state index >= 15 is 0 Å². The predicted octanol–water partition coefficient (Wildman–Crippen LogP) is 2.27. The van der Waals surface area contributed by atoms with Crippen molar-refractivity contribution in [2.45, 2.75) is 6.92 Å². The van der Waals surface area contributed by atoms with Crippen LogP contribution in [0.4, 0.5) is 4.39 Å². The van der Waals surface area contributed by atoms with E-state index in [0.717, 1.165) is 6.08 Å². The van der Waals surface area contributed by atoms with E-state index < -0.39 is 11.8 Å². The minimum Gasteiger partial charge on any atom is -0.463 e. The number of nitriles is 1. The standard InChI is InChI=1S/C12H10FNO2/c1-2-16-11(15)7-6-9-4-3-5-10(8-14)12(9)13/h3-7H,2H2,1H3. The average molecular weight is 219 g/mol. The smallest absolute Gasteiger partial charge is 0.330 e. The van der Waals surface area contributed by atoms with E-state index in [1.54, 1.807) is 19.1 Å². The Bertz CT molecular complexity index is 461. The molecule has 0 unspecified atom stereocenters. The number of halogens is 1. The molecule has 0 aromatic heterocycles. The Hall–Kier alpha value is -2.15. The van der Waals surface area contributed by atoms with Gasteiger partial charge in [-0.1, -0.05) is 12.1 Å². The highest BCUT2D eigenvalue weighted by Crippen LogP contribution is 2.13. The molecule has 16 heavy (non-hydrogen) atoms. The van der Waals surface area contributed by atoms with Crippen molar-refractivity contribution in [1.82, 2.24) is 0 Å². The Morgan fingerprint density at radius 2 is 2.38 bits per heavy atom. The van der Waals surface area contributed by atoms with Crippen molar-refractivity contribution in [3.05, 3.63) is 41.2 Å². The van der Waals surface area contributed by atoms with Crippen LogP contribution in [-0.4, -0.2) is 12.6 Å². The normalized spacial score (nSPS) is 10.1. The molecule has 1 rings (SSSR count). The lowest BCUT2D eigenvalue weighted by atomic mass is 10.1. The number of hydrogen-bond acceptors (Lipinski definition) is 3. The molecule has 0 saturated heterocycles. The first kappa shape index (κ1) is 11.9. The summed E-state index contributed by atoms with van der Waals surface area (Å²) in [5, 5.41) is 8.60. The van der Waals surface area contributed by atoms with Crippen molar-refractivity contribution in [2.24, 2.45) is 0 Å². The lowest BCUT2D eigenvalue weighted by Gasteiger charge is -1.98. The number of carbonyl (C=O) groups excluding carboxylic acids is 1. The highest BCUT2D eigenvalue weighted by molar-refractivity contribution is 5.87. The number of benzene rings is 1. The van der Waals surface area contributed by atoms with E-state index in [1.807, 2.05) is 0 Å². The summed E-state index contributed by atoms with van der Waals surface area (Å²) in [5.41, 5.74) is 0.137. The van der Waals surface area contributed by atoms with Crippen molar-refractivity contribution in [3.8, 4) is 6.07 Å². The van der Waals surface area contributed by atoms with Crippen LogP contribution in [0.5, 0.6) is 0 Å². The van der Waals surface area contributed by atoms with Crippen LogP contribution in [0.25, 0.3) is 6.08 Å². The van der Waals surface area contributed by atoms with Crippen molar-refractivity contribution < 1.29 is 13.9 Å². The van der Waals surface area contributed by atoms with Crippen LogP contribution in [-0.2, 0) is 9.53 Å². The highest BCUT2D eigenvalue weighted by Gasteiger charge is 2.05. The maximum absolute atomic E-state index is 13.5. The summed E-state index contributed by atoms with van der Waals surface area (Å²) in [7, 11) is 0. The van der Waals surface area contributed by atoms with Crippen molar-refractivity contribution in [1.29, 1.82) is 5.26 Å². The van der Waals surface area contributed by atoms with Gasteiger partial charge in [-0.05, 0) is 19.1 Å². The third-order valence-electron chi connectivity index (χ3n) is 1.83. The van der Waals surface area contributed by atoms with Crippen LogP contribution in [0, 0.1) is 17.1 Å². The Labute approximate surface area is 92.8 Å². The van der Waals surface area contributed by atoms with Crippen LogP contribution in [0.3, 0.4) is 0 Å². The quantitative estimate of drug-likeness (QED) is 0.578. The van der Waals surface area contributed by atoms with Crippen LogP contribution in [0.2, 0.25) is 0 Å². The molecule has 0 amide bonds. The van der Waals surface area contributed by atoms with Gasteiger partial charge in [0, 0.05) is 11.6 Å². The molecule has 4 heteroatoms. The fourth-order valence-electron chi connectivity index (χ4n) is 1.11. The molecule has 0 radical (unpaired) electrons. The molecule has 0 spiro atoms. The summed E-state index contributed by atoms with van der Waals surface area (Å²) in [4.78, 5) is 11.0. The molecule has 1 aromatic carbocycles. The number of esters is 1. The Balaban J connectivity index is 2.90. The number of hydrogen-bond donors (Lipinski definition) is 0. The van der Waals surface area contributed by atoms with E-state index in [0.29, 0.717) is 0 Å². The summed E-state index contributed by atoms with van der Waals surface area (Å²) in [6, 6.07) is 6.12. The number of rotatable bonds is 3. The summed E-state index contributed by atoms with van der Waals surface area (Å²) in [5.74, 6) is -1.17. The first-order valence-corrected chi connectivity index (χ1v) is 4.72. The van der Waals surface area contributed by atoms with Crippen LogP contribution in [0.1, 0.15) is 18.1 Å². The van der Waals surface area contributed by atoms with Crippen LogP contribution >= 0.6 is 0 Å². The van der Waals surface area contributed by atoms with Gasteiger partial charge in [-0.25, -0.2) is 9.18 Å². The molecule has 82 valence electrons. The first-order chi connectivity index (χ1) is 7.69. The summed E-state index contributed by atoms with van der Waals surface area (Å²) >= 11 is 0. The second kappa shape index (κ2) is 5.66. The fourth-order valence-corrected chi connectivity index (χ4v) is 1.11. The molecular formula is C12H10FNO2. The molecule has 3 nitrogen and oxygen atoms in total. The molecule has 0 heterocycles. The molecule has 0 aliphatic carbocycles. The monoisotopic (exact) mass is 219 g/mol. The predicted molar refractivity (Wildman–Crippen MR) is 56.8 cm³/mol. The van der Waals surface area contributed by atoms with Crippen LogP contribution in [0.15, 0.2) is 24.3 Å². The fraction of sp³-hybridized carbons (Fsp3) is 0.167. The van der Waals surface area contributed by atoms with Gasteiger partial charge >= 0.3 is 5.97 Å². The zero-order valence-electron chi connectivity index (χ0n) is 8.74. The van der Waals surface area contributed by atoms with Gasteiger partial charge in [0.1, 0.15) is 11.9 Å². The van der Waals surface area contributed by atoms with Gasteiger partial charge in [-0.2, -0.15) is 5.26 Å². The Kier molecular flexibility index (Phi) is 4.22. The van der Waals surface area contributed by atoms with Gasteiger partial charge in [0.15, 0.2) is 0 Å². The highest BCUT2D eigenvalue weighted by atomic mass is 19.1. The maximum Gasteiger partial charge on any atom is 0.330 e. The van der Waals surface area contributed by atoms with E-state index in [9.17, 15) is 9.18 Å². The SMILES string of the molecule is CCOC(=O)C=Cc1cccc(C#N)c1F. The summed E-state index contributed by atoms with van der Waals surface area (Å²) in [6.45, 7) is 1.95. The average Bonchev–Trinajstić information content (AvgIpc) is 2.28. The molecule has 0 aliphatic rings. The van der Waals surface area contributed by atoms with Crippen molar-refractivity contribution in [3.63, 3.8) is 0 Å². The summed E-state index contributed by atoms with van der Waals surface area (Å²) in [6.07, 6.45) is 2.41. The van der Waals surface area contributed by atoms with E-state index in [1.165, 1.54) is 18.2 Å². The minimum absolute atomic E-state index is 0.0500. The largest absolute Gasteiger partial charge is 0.463 e. The topological polar surface area (TPSA) is 50.1 Å². The summed E-state index contributed by atoms with van der Waals surface area (Å²) < 4.78 is 18.1. The van der Waals surface area contributed by atoms with Gasteiger partial charge < -0.3 is 4.74 Å². The zero-order valence-corrected chi connectivity index (χ0v) is 8.74. The number of nitrogens with zero attached hydrogens (tertiary/aromatic N) is 1. The van der Waals surface area contributed by atoms with Gasteiger partial charge in [-0.3, -0.25) is 0 Å². The minimum atomic E-state index is -0.634. The van der Waals surface area contributed by atoms with E-state index in [-0.39, 0.29) is 17.7 Å². The number of ether oxygens (including phenoxy) is 1. The van der Waals surface area contributed by atoms with Gasteiger partial charge in [0.2, 0.25) is 0 Å². The molecular weight excluding hydrogens is 209 g/mol. The molecule has 0 saturated carbocycles. The van der Waals surface area contributed by atoms with Gasteiger partial charge in [0.05, 0.1) is 12.2 Å². The van der Waals surface area contributed by atoms with E-state index in [2.05, 4.69) is 4.74 Å². The van der Waals surface area contributed by atoms with Crippen molar-refractivity contribution >= 4 is 12.0 Å². The second-order valence-electron chi connectivity index (χ2n) is 2.91. The van der Waals surface area contributed by atoms with Crippen LogP contribution < -0.4 is 0 Å². The third kappa shape index (κ3) is 2.92. The Morgan fingerprint density at radius 3 is 3.00 bits per heavy atom. The molecule has 0 bridgehead atoms. The molecule has 0 fully saturated rings. The van der Waals surface area contributed by atoms with Gasteiger partial charge in [0.25, 0.3) is 0 Å². The molecule has 1 aromatic rings. The lowest BCUT2D eigenvalue weighted by Crippen LogP contribution is -1.99. The van der Waals surface area contributed by atoms with Gasteiger partial charge in [-0.15, -0.1) is 0 Å². The second-order valence-corrected chi connectivity index (χ2v) is 2.91. The third-order valence-corrected chi connectivity index (χ3v) is 1.83. The van der Waals surface area contributed by atoms with Crippen molar-refractivity contribution in [2.75, 3.05) is 6.61 Å².